The Morgan fingerprint density at radius 3 is 2.47 bits per heavy atom. The van der Waals surface area contributed by atoms with E-state index in [4.69, 9.17) is 0 Å². The van der Waals surface area contributed by atoms with Gasteiger partial charge in [-0.1, -0.05) is 37.6 Å². The van der Waals surface area contributed by atoms with Gasteiger partial charge in [-0.15, -0.1) is 0 Å². The molecule has 8 atom stereocenters. The summed E-state index contributed by atoms with van der Waals surface area (Å²) in [5, 5.41) is 33.2. The maximum Gasteiger partial charge on any atom is 0.335 e. The molecular formula is C25H35NO6. The number of Topliss-reactive ketones (excluding diaryl/α,β-unsaturated/α-hetero) is 1. The molecule has 2 fully saturated rings. The third-order valence-electron chi connectivity index (χ3n) is 7.68. The molecule has 0 aromatic heterocycles. The van der Waals surface area contributed by atoms with E-state index in [1.165, 1.54) is 0 Å². The topological polar surface area (TPSA) is 124 Å². The van der Waals surface area contributed by atoms with Crippen LogP contribution in [0.15, 0.2) is 35.1 Å². The van der Waals surface area contributed by atoms with Crippen LogP contribution in [0.4, 0.5) is 0 Å². The molecule has 1 heterocycles. The molecule has 1 saturated heterocycles. The molecule has 0 spiro atoms. The van der Waals surface area contributed by atoms with Gasteiger partial charge in [0.05, 0.1) is 6.04 Å². The number of carbonyl (C=O) groups is 3. The molecule has 7 nitrogen and oxygen atoms in total. The molecule has 32 heavy (non-hydrogen) atoms. The van der Waals surface area contributed by atoms with Crippen LogP contribution in [0.1, 0.15) is 53.9 Å². The standard InChI is InChI=1S/C25H35NO6/c1-6-13(3)16-8-7-15-10-12(2)9-14(4)18(15)19(16)22(28)20-21(27)17(26-23(20)29)11-25(5,32)24(30)31/h6-8,12,14-19,28,32H,9-11H2,1-5H3,(H,26,29)(H,30,31)/b13-6+,22-20-/t12-,14+,15-,16+,17-,18-,19-,25+/m1/s1. The lowest BCUT2D eigenvalue weighted by atomic mass is 9.57. The quantitative estimate of drug-likeness (QED) is 0.223. The summed E-state index contributed by atoms with van der Waals surface area (Å²) in [6, 6.07) is -1.19. The summed E-state index contributed by atoms with van der Waals surface area (Å²) < 4.78 is 0. The minimum Gasteiger partial charge on any atom is -0.511 e. The zero-order valence-electron chi connectivity index (χ0n) is 19.5. The molecular weight excluding hydrogens is 410 g/mol. The van der Waals surface area contributed by atoms with Crippen LogP contribution in [0, 0.1) is 35.5 Å². The monoisotopic (exact) mass is 445 g/mol. The number of aliphatic hydroxyl groups excluding tert-OH is 1. The van der Waals surface area contributed by atoms with E-state index in [9.17, 15) is 29.7 Å². The first-order valence-corrected chi connectivity index (χ1v) is 11.4. The van der Waals surface area contributed by atoms with Crippen LogP contribution in [0.5, 0.6) is 0 Å². The van der Waals surface area contributed by atoms with Gasteiger partial charge in [0, 0.05) is 18.3 Å². The molecule has 176 valence electrons. The summed E-state index contributed by atoms with van der Waals surface area (Å²) >= 11 is 0. The number of aliphatic hydroxyl groups is 2. The van der Waals surface area contributed by atoms with E-state index in [-0.39, 0.29) is 29.1 Å². The number of aliphatic carboxylic acids is 1. The molecule has 0 unspecified atom stereocenters. The number of hydrogen-bond donors (Lipinski definition) is 4. The number of carboxylic acid groups (broad SMARTS) is 1. The van der Waals surface area contributed by atoms with Crippen molar-refractivity contribution in [3.63, 3.8) is 0 Å². The second-order valence-corrected chi connectivity index (χ2v) is 10.2. The van der Waals surface area contributed by atoms with Gasteiger partial charge in [0.2, 0.25) is 0 Å². The fourth-order valence-electron chi connectivity index (χ4n) is 5.98. The van der Waals surface area contributed by atoms with E-state index in [1.54, 1.807) is 0 Å². The van der Waals surface area contributed by atoms with E-state index in [0.29, 0.717) is 11.8 Å². The highest BCUT2D eigenvalue weighted by atomic mass is 16.4. The third-order valence-corrected chi connectivity index (χ3v) is 7.68. The van der Waals surface area contributed by atoms with Crippen LogP contribution >= 0.6 is 0 Å². The average Bonchev–Trinajstić information content (AvgIpc) is 2.98. The van der Waals surface area contributed by atoms with Crippen LogP contribution in [0.25, 0.3) is 0 Å². The zero-order valence-corrected chi connectivity index (χ0v) is 19.5. The highest BCUT2D eigenvalue weighted by Gasteiger charge is 2.49. The predicted octanol–water partition coefficient (Wildman–Crippen LogP) is 3.16. The fraction of sp³-hybridized carbons (Fsp3) is 0.640. The second kappa shape index (κ2) is 8.85. The van der Waals surface area contributed by atoms with Crippen LogP contribution in [0.2, 0.25) is 0 Å². The third kappa shape index (κ3) is 4.27. The van der Waals surface area contributed by atoms with Gasteiger partial charge in [-0.25, -0.2) is 4.79 Å². The molecule has 4 N–H and O–H groups in total. The van der Waals surface area contributed by atoms with Crippen LogP contribution in [-0.4, -0.2) is 44.6 Å². The first kappa shape index (κ1) is 24.2. The van der Waals surface area contributed by atoms with E-state index in [2.05, 4.69) is 31.3 Å². The highest BCUT2D eigenvalue weighted by Crippen LogP contribution is 2.51. The Hall–Kier alpha value is -2.41. The van der Waals surface area contributed by atoms with Crippen molar-refractivity contribution in [2.45, 2.75) is 65.5 Å². The molecule has 1 amide bonds. The lowest BCUT2D eigenvalue weighted by Crippen LogP contribution is -2.43. The zero-order chi connectivity index (χ0) is 24.0. The lowest BCUT2D eigenvalue weighted by molar-refractivity contribution is -0.158. The molecule has 3 rings (SSSR count). The van der Waals surface area contributed by atoms with Crippen molar-refractivity contribution in [1.29, 1.82) is 0 Å². The Labute approximate surface area is 189 Å². The number of carbonyl (C=O) groups excluding carboxylic acids is 2. The number of nitrogens with one attached hydrogen (secondary N) is 1. The molecule has 2 aliphatic carbocycles. The van der Waals surface area contributed by atoms with Gasteiger partial charge in [-0.05, 0) is 57.3 Å². The number of hydrogen-bond acceptors (Lipinski definition) is 5. The molecule has 0 bridgehead atoms. The Kier molecular flexibility index (Phi) is 6.70. The highest BCUT2D eigenvalue weighted by molar-refractivity contribution is 6.27. The van der Waals surface area contributed by atoms with E-state index in [0.717, 1.165) is 25.3 Å². The Balaban J connectivity index is 2.04. The SMILES string of the molecule is C/C=C(\C)[C@@H]1C=C[C@@H]2C[C@H](C)C[C@H](C)[C@H]2[C@@H]1/C(O)=C1/C(=O)N[C@H](C[C@](C)(O)C(=O)O)C1=O. The molecule has 0 aromatic carbocycles. The summed E-state index contributed by atoms with van der Waals surface area (Å²) in [5.74, 6) is -2.39. The van der Waals surface area contributed by atoms with Crippen LogP contribution in [-0.2, 0) is 14.4 Å². The molecule has 0 radical (unpaired) electrons. The number of rotatable bonds is 5. The van der Waals surface area contributed by atoms with Gasteiger partial charge < -0.3 is 20.6 Å². The number of allylic oxidation sites excluding steroid dienone is 5. The first-order chi connectivity index (χ1) is 14.9. The van der Waals surface area contributed by atoms with Crippen molar-refractivity contribution < 1.29 is 29.7 Å². The van der Waals surface area contributed by atoms with Crippen molar-refractivity contribution in [2.75, 3.05) is 0 Å². The lowest BCUT2D eigenvalue weighted by Gasteiger charge is -2.47. The van der Waals surface area contributed by atoms with Gasteiger partial charge in [-0.3, -0.25) is 9.59 Å². The minimum atomic E-state index is -2.17. The fourth-order valence-corrected chi connectivity index (χ4v) is 5.98. The van der Waals surface area contributed by atoms with Crippen LogP contribution in [0.3, 0.4) is 0 Å². The van der Waals surface area contributed by atoms with Crippen molar-refractivity contribution in [1.82, 2.24) is 5.32 Å². The van der Waals surface area contributed by atoms with Gasteiger partial charge in [0.15, 0.2) is 11.4 Å². The number of fused-ring (bicyclic) bond motifs is 1. The van der Waals surface area contributed by atoms with Crippen molar-refractivity contribution >= 4 is 17.7 Å². The van der Waals surface area contributed by atoms with Gasteiger partial charge in [0.1, 0.15) is 11.3 Å². The van der Waals surface area contributed by atoms with Gasteiger partial charge in [-0.2, -0.15) is 0 Å². The second-order valence-electron chi connectivity index (χ2n) is 10.2. The number of amides is 1. The molecule has 1 aliphatic heterocycles. The van der Waals surface area contributed by atoms with Gasteiger partial charge in [0.25, 0.3) is 5.91 Å². The molecule has 3 aliphatic rings. The maximum absolute atomic E-state index is 13.1. The van der Waals surface area contributed by atoms with E-state index >= 15 is 0 Å². The Morgan fingerprint density at radius 1 is 1.22 bits per heavy atom. The maximum atomic E-state index is 13.1. The average molecular weight is 446 g/mol. The summed E-state index contributed by atoms with van der Waals surface area (Å²) in [6.45, 7) is 9.40. The molecule has 7 heteroatoms. The normalized spacial score (nSPS) is 38.7. The molecule has 0 aromatic rings. The Morgan fingerprint density at radius 2 is 1.88 bits per heavy atom. The van der Waals surface area contributed by atoms with E-state index < -0.39 is 41.6 Å². The summed E-state index contributed by atoms with van der Waals surface area (Å²) in [4.78, 5) is 37.1. The summed E-state index contributed by atoms with van der Waals surface area (Å²) in [6.07, 6.45) is 7.85. The Bertz CT molecular complexity index is 898. The summed E-state index contributed by atoms with van der Waals surface area (Å²) in [7, 11) is 0. The summed E-state index contributed by atoms with van der Waals surface area (Å²) in [5.41, 5.74) is -1.41. The smallest absolute Gasteiger partial charge is 0.335 e. The minimum absolute atomic E-state index is 0.0883. The van der Waals surface area contributed by atoms with Crippen molar-refractivity contribution in [3.8, 4) is 0 Å². The van der Waals surface area contributed by atoms with Crippen molar-refractivity contribution in [2.24, 2.45) is 35.5 Å². The van der Waals surface area contributed by atoms with Crippen molar-refractivity contribution in [3.05, 3.63) is 35.1 Å². The number of ketones is 1. The van der Waals surface area contributed by atoms with Crippen LogP contribution < -0.4 is 5.32 Å². The van der Waals surface area contributed by atoms with E-state index in [1.807, 2.05) is 19.9 Å². The first-order valence-electron chi connectivity index (χ1n) is 11.4. The van der Waals surface area contributed by atoms with Gasteiger partial charge >= 0.3 is 5.97 Å². The predicted molar refractivity (Wildman–Crippen MR) is 120 cm³/mol. The molecule has 1 saturated carbocycles. The largest absolute Gasteiger partial charge is 0.511 e. The number of carboxylic acids is 1.